The van der Waals surface area contributed by atoms with Crippen molar-refractivity contribution in [2.75, 3.05) is 46.3 Å². The third kappa shape index (κ3) is 4.95. The highest BCUT2D eigenvalue weighted by Gasteiger charge is 2.36. The van der Waals surface area contributed by atoms with E-state index in [4.69, 9.17) is 25.8 Å². The fourth-order valence-electron chi connectivity index (χ4n) is 3.68. The van der Waals surface area contributed by atoms with Crippen molar-refractivity contribution >= 4 is 23.2 Å². The Hall–Kier alpha value is -2.44. The Labute approximate surface area is 177 Å². The van der Waals surface area contributed by atoms with Crippen molar-refractivity contribution in [2.45, 2.75) is 18.3 Å². The topological polar surface area (TPSA) is 64.1 Å². The molecule has 7 heteroatoms. The third-order valence-electron chi connectivity index (χ3n) is 5.36. The summed E-state index contributed by atoms with van der Waals surface area (Å²) in [6.07, 6.45) is 1.80. The van der Waals surface area contributed by atoms with Crippen LogP contribution in [0.4, 0.5) is 5.69 Å². The Morgan fingerprint density at radius 3 is 2.48 bits per heavy atom. The molecule has 0 atom stereocenters. The first-order chi connectivity index (χ1) is 14.1. The lowest BCUT2D eigenvalue weighted by Gasteiger charge is -2.38. The Balaban J connectivity index is 1.75. The zero-order valence-corrected chi connectivity index (χ0v) is 17.9. The van der Waals surface area contributed by atoms with E-state index in [9.17, 15) is 0 Å². The monoisotopic (exact) mass is 417 g/mol. The van der Waals surface area contributed by atoms with Gasteiger partial charge in [0.15, 0.2) is 17.5 Å². The average molecular weight is 418 g/mol. The van der Waals surface area contributed by atoms with Crippen molar-refractivity contribution in [3.8, 4) is 11.5 Å². The minimum absolute atomic E-state index is 0.105. The van der Waals surface area contributed by atoms with Crippen molar-refractivity contribution in [2.24, 2.45) is 4.99 Å². The molecule has 0 aliphatic carbocycles. The van der Waals surface area contributed by atoms with Gasteiger partial charge in [0.25, 0.3) is 0 Å². The summed E-state index contributed by atoms with van der Waals surface area (Å²) in [4.78, 5) is 4.37. The predicted molar refractivity (Wildman–Crippen MR) is 118 cm³/mol. The van der Waals surface area contributed by atoms with Crippen LogP contribution in [0, 0.1) is 0 Å². The van der Waals surface area contributed by atoms with Crippen LogP contribution in [0.2, 0.25) is 5.02 Å². The first-order valence-corrected chi connectivity index (χ1v) is 10.0. The van der Waals surface area contributed by atoms with E-state index in [0.717, 1.165) is 29.1 Å². The quantitative estimate of drug-likeness (QED) is 0.547. The largest absolute Gasteiger partial charge is 0.493 e. The van der Waals surface area contributed by atoms with E-state index in [1.54, 1.807) is 21.3 Å². The highest BCUT2D eigenvalue weighted by molar-refractivity contribution is 6.31. The molecule has 1 fully saturated rings. The highest BCUT2D eigenvalue weighted by atomic mass is 35.5. The number of rotatable bonds is 6. The first kappa shape index (κ1) is 21.3. The summed E-state index contributed by atoms with van der Waals surface area (Å²) >= 11 is 6.55. The summed E-state index contributed by atoms with van der Waals surface area (Å²) in [7, 11) is 4.99. The molecule has 0 amide bonds. The summed E-state index contributed by atoms with van der Waals surface area (Å²) in [6, 6.07) is 13.7. The smallest absolute Gasteiger partial charge is 0.195 e. The Morgan fingerprint density at radius 2 is 1.83 bits per heavy atom. The zero-order chi connectivity index (χ0) is 20.7. The van der Waals surface area contributed by atoms with Crippen molar-refractivity contribution in [3.63, 3.8) is 0 Å². The van der Waals surface area contributed by atoms with Crippen molar-refractivity contribution < 1.29 is 14.2 Å². The number of anilines is 1. The molecule has 1 saturated heterocycles. The van der Waals surface area contributed by atoms with E-state index in [2.05, 4.69) is 21.7 Å². The van der Waals surface area contributed by atoms with Gasteiger partial charge in [-0.15, -0.1) is 0 Å². The molecule has 2 N–H and O–H groups in total. The molecule has 6 nitrogen and oxygen atoms in total. The van der Waals surface area contributed by atoms with Crippen LogP contribution in [-0.2, 0) is 10.2 Å². The van der Waals surface area contributed by atoms with Gasteiger partial charge in [-0.2, -0.15) is 0 Å². The number of benzene rings is 2. The molecular weight excluding hydrogens is 390 g/mol. The summed E-state index contributed by atoms with van der Waals surface area (Å²) < 4.78 is 16.3. The number of ether oxygens (including phenoxy) is 3. The molecule has 0 bridgehead atoms. The lowest BCUT2D eigenvalue weighted by atomic mass is 9.74. The average Bonchev–Trinajstić information content (AvgIpc) is 2.77. The maximum atomic E-state index is 6.55. The Kier molecular flexibility index (Phi) is 7.23. The molecule has 3 rings (SSSR count). The summed E-state index contributed by atoms with van der Waals surface area (Å²) in [5.74, 6) is 2.01. The molecule has 156 valence electrons. The second-order valence-electron chi connectivity index (χ2n) is 6.99. The minimum Gasteiger partial charge on any atom is -0.493 e. The molecule has 0 radical (unpaired) electrons. The molecule has 2 aromatic carbocycles. The molecule has 2 aromatic rings. The fourth-order valence-corrected chi connectivity index (χ4v) is 4.01. The number of nitrogens with zero attached hydrogens (tertiary/aromatic N) is 1. The van der Waals surface area contributed by atoms with E-state index in [1.807, 2.05) is 36.4 Å². The van der Waals surface area contributed by atoms with Crippen LogP contribution in [0.5, 0.6) is 11.5 Å². The number of halogens is 1. The molecule has 0 unspecified atom stereocenters. The number of nitrogens with one attached hydrogen (secondary N) is 2. The van der Waals surface area contributed by atoms with Gasteiger partial charge in [-0.1, -0.05) is 29.8 Å². The molecular formula is C22H28ClN3O3. The highest BCUT2D eigenvalue weighted by Crippen LogP contribution is 2.38. The Morgan fingerprint density at radius 1 is 1.10 bits per heavy atom. The standard InChI is InChI=1S/C22H28ClN3O3/c1-24-21(26-16-8-9-19(27-2)20(14-16)28-3)25-15-22(10-12-29-13-11-22)17-6-4-5-7-18(17)23/h4-9,14H,10-13,15H2,1-3H3,(H2,24,25,26). The summed E-state index contributed by atoms with van der Waals surface area (Å²) in [5, 5.41) is 7.58. The molecule has 1 aliphatic rings. The van der Waals surface area contributed by atoms with Gasteiger partial charge < -0.3 is 24.8 Å². The number of hydrogen-bond donors (Lipinski definition) is 2. The maximum absolute atomic E-state index is 6.55. The predicted octanol–water partition coefficient (Wildman–Crippen LogP) is 4.09. The van der Waals surface area contributed by atoms with Crippen LogP contribution in [0.1, 0.15) is 18.4 Å². The van der Waals surface area contributed by atoms with Crippen LogP contribution in [0.3, 0.4) is 0 Å². The lowest BCUT2D eigenvalue weighted by Crippen LogP contribution is -2.46. The zero-order valence-electron chi connectivity index (χ0n) is 17.1. The Bertz CT molecular complexity index is 851. The molecule has 0 saturated carbocycles. The van der Waals surface area contributed by atoms with Gasteiger partial charge in [-0.05, 0) is 36.6 Å². The van der Waals surface area contributed by atoms with Crippen LogP contribution in [-0.4, -0.2) is 47.0 Å². The first-order valence-electron chi connectivity index (χ1n) is 9.64. The molecule has 29 heavy (non-hydrogen) atoms. The van der Waals surface area contributed by atoms with Gasteiger partial charge in [0.2, 0.25) is 0 Å². The molecule has 1 aliphatic heterocycles. The number of aliphatic imine (C=N–C) groups is 1. The van der Waals surface area contributed by atoms with E-state index in [1.165, 1.54) is 0 Å². The fraction of sp³-hybridized carbons (Fsp3) is 0.409. The van der Waals surface area contributed by atoms with E-state index in [-0.39, 0.29) is 5.41 Å². The van der Waals surface area contributed by atoms with Crippen LogP contribution < -0.4 is 20.1 Å². The van der Waals surface area contributed by atoms with Crippen LogP contribution in [0.25, 0.3) is 0 Å². The molecule has 0 aromatic heterocycles. The summed E-state index contributed by atoms with van der Waals surface area (Å²) in [6.45, 7) is 2.14. The van der Waals surface area contributed by atoms with Crippen molar-refractivity contribution in [1.29, 1.82) is 0 Å². The second kappa shape index (κ2) is 9.85. The minimum atomic E-state index is -0.105. The van der Waals surface area contributed by atoms with E-state index >= 15 is 0 Å². The van der Waals surface area contributed by atoms with Crippen LogP contribution in [0.15, 0.2) is 47.5 Å². The number of guanidine groups is 1. The number of methoxy groups -OCH3 is 2. The van der Waals surface area contributed by atoms with Gasteiger partial charge >= 0.3 is 0 Å². The van der Waals surface area contributed by atoms with Gasteiger partial charge in [0, 0.05) is 49.0 Å². The third-order valence-corrected chi connectivity index (χ3v) is 5.69. The van der Waals surface area contributed by atoms with Crippen LogP contribution >= 0.6 is 11.6 Å². The van der Waals surface area contributed by atoms with Gasteiger partial charge in [0.05, 0.1) is 14.2 Å². The second-order valence-corrected chi connectivity index (χ2v) is 7.40. The number of hydrogen-bond acceptors (Lipinski definition) is 4. The van der Waals surface area contributed by atoms with Gasteiger partial charge in [0.1, 0.15) is 0 Å². The lowest BCUT2D eigenvalue weighted by molar-refractivity contribution is 0.0515. The van der Waals surface area contributed by atoms with Gasteiger partial charge in [-0.3, -0.25) is 4.99 Å². The van der Waals surface area contributed by atoms with E-state index in [0.29, 0.717) is 37.2 Å². The molecule has 0 spiro atoms. The SMILES string of the molecule is CN=C(NCC1(c2ccccc2Cl)CCOCC1)Nc1ccc(OC)c(OC)c1. The van der Waals surface area contributed by atoms with Crippen molar-refractivity contribution in [3.05, 3.63) is 53.1 Å². The normalized spacial score (nSPS) is 16.2. The summed E-state index contributed by atoms with van der Waals surface area (Å²) in [5.41, 5.74) is 1.90. The maximum Gasteiger partial charge on any atom is 0.195 e. The van der Waals surface area contributed by atoms with Gasteiger partial charge in [-0.25, -0.2) is 0 Å². The van der Waals surface area contributed by atoms with E-state index < -0.39 is 0 Å². The van der Waals surface area contributed by atoms with Crippen molar-refractivity contribution in [1.82, 2.24) is 5.32 Å². The molecule has 1 heterocycles.